The maximum absolute atomic E-state index is 9.86. The molecule has 3 aromatic heterocycles. The van der Waals surface area contributed by atoms with Gasteiger partial charge in [-0.15, -0.1) is 0 Å². The smallest absolute Gasteiger partial charge is 0.132 e. The van der Waals surface area contributed by atoms with E-state index in [2.05, 4.69) is 44.5 Å². The fourth-order valence-electron chi connectivity index (χ4n) is 3.83. The van der Waals surface area contributed by atoms with Crippen LogP contribution in [0.4, 0.5) is 17.3 Å². The summed E-state index contributed by atoms with van der Waals surface area (Å²) >= 11 is 0. The Balaban J connectivity index is 1.48. The Morgan fingerprint density at radius 1 is 1.10 bits per heavy atom. The summed E-state index contributed by atoms with van der Waals surface area (Å²) in [6.45, 7) is 1.46. The molecule has 1 aliphatic carbocycles. The van der Waals surface area contributed by atoms with Crippen molar-refractivity contribution in [2.45, 2.75) is 31.3 Å². The minimum atomic E-state index is -0.280. The van der Waals surface area contributed by atoms with E-state index in [4.69, 9.17) is 10.2 Å². The van der Waals surface area contributed by atoms with Crippen LogP contribution >= 0.6 is 0 Å². The lowest BCUT2D eigenvalue weighted by atomic mass is 10.1. The molecule has 0 aromatic carbocycles. The number of aromatic nitrogens is 3. The van der Waals surface area contributed by atoms with Gasteiger partial charge in [-0.3, -0.25) is 4.98 Å². The van der Waals surface area contributed by atoms with Crippen LogP contribution in [0.3, 0.4) is 0 Å². The molecule has 1 unspecified atom stereocenters. The van der Waals surface area contributed by atoms with Gasteiger partial charge in [-0.1, -0.05) is 0 Å². The predicted octanol–water partition coefficient (Wildman–Crippen LogP) is 3.60. The van der Waals surface area contributed by atoms with E-state index in [0.29, 0.717) is 29.7 Å². The minimum Gasteiger partial charge on any atom is -0.391 e. The molecule has 30 heavy (non-hydrogen) atoms. The molecule has 1 saturated carbocycles. The molecule has 3 aromatic rings. The molecule has 0 radical (unpaired) electrons. The quantitative estimate of drug-likeness (QED) is 0.677. The van der Waals surface area contributed by atoms with E-state index in [9.17, 15) is 5.11 Å². The van der Waals surface area contributed by atoms with E-state index in [1.165, 1.54) is 18.4 Å². The fraction of sp³-hybridized carbons (Fsp3) is 0.304. The van der Waals surface area contributed by atoms with Gasteiger partial charge in [0.25, 0.3) is 0 Å². The Bertz CT molecular complexity index is 1120. The minimum absolute atomic E-state index is 0.280. The molecule has 0 spiro atoms. The summed E-state index contributed by atoms with van der Waals surface area (Å²) in [5, 5.41) is 22.2. The molecule has 5 rings (SSSR count). The zero-order valence-electron chi connectivity index (χ0n) is 16.5. The van der Waals surface area contributed by atoms with Gasteiger partial charge in [0.05, 0.1) is 35.3 Å². The summed E-state index contributed by atoms with van der Waals surface area (Å²) in [6, 6.07) is 11.8. The molecule has 2 fully saturated rings. The molecule has 7 nitrogen and oxygen atoms in total. The lowest BCUT2D eigenvalue weighted by Crippen LogP contribution is -2.21. The molecule has 150 valence electrons. The molecule has 0 amide bonds. The summed E-state index contributed by atoms with van der Waals surface area (Å²) < 4.78 is 0. The van der Waals surface area contributed by atoms with E-state index < -0.39 is 0 Å². The van der Waals surface area contributed by atoms with Gasteiger partial charge in [-0.25, -0.2) is 9.97 Å². The van der Waals surface area contributed by atoms with Gasteiger partial charge in [0.2, 0.25) is 0 Å². The number of β-amino-alcohol motifs (C(OH)–C–C–N with tert-alkyl or cyclic N) is 1. The van der Waals surface area contributed by atoms with Crippen LogP contribution in [-0.4, -0.2) is 39.3 Å². The van der Waals surface area contributed by atoms with Crippen LogP contribution in [0.2, 0.25) is 0 Å². The first-order valence-corrected chi connectivity index (χ1v) is 10.2. The summed E-state index contributed by atoms with van der Waals surface area (Å²) in [7, 11) is 0. The standard InChI is InChI=1S/C23H22N6O/c24-11-15-3-5-26-22(7-15)28-23-10-17(16-1-2-16)9-21(27-23)18-8-19(13-25-12-18)29-6-4-20(30)14-29/h3,5,7-10,12-13,16,20,30H,1-2,4,6,14H2,(H,26,27,28). The van der Waals surface area contributed by atoms with E-state index in [0.717, 1.165) is 29.9 Å². The van der Waals surface area contributed by atoms with Gasteiger partial charge >= 0.3 is 0 Å². The Hall–Kier alpha value is -3.50. The van der Waals surface area contributed by atoms with Gasteiger partial charge in [-0.05, 0) is 61.1 Å². The van der Waals surface area contributed by atoms with Crippen molar-refractivity contribution in [1.82, 2.24) is 15.0 Å². The second-order valence-electron chi connectivity index (χ2n) is 7.93. The SMILES string of the molecule is N#Cc1ccnc(Nc2cc(C3CC3)cc(-c3cncc(N4CCC(O)C4)c3)n2)c1. The Morgan fingerprint density at radius 3 is 2.77 bits per heavy atom. The number of nitriles is 1. The zero-order chi connectivity index (χ0) is 20.5. The average Bonchev–Trinajstić information content (AvgIpc) is 3.54. The van der Waals surface area contributed by atoms with Crippen molar-refractivity contribution in [3.63, 3.8) is 0 Å². The van der Waals surface area contributed by atoms with Crippen LogP contribution in [0, 0.1) is 11.3 Å². The molecular weight excluding hydrogens is 376 g/mol. The van der Waals surface area contributed by atoms with Crippen LogP contribution in [0.25, 0.3) is 11.3 Å². The highest BCUT2D eigenvalue weighted by molar-refractivity contribution is 5.68. The second kappa shape index (κ2) is 7.73. The molecule has 0 bridgehead atoms. The van der Waals surface area contributed by atoms with E-state index in [1.807, 2.05) is 12.4 Å². The van der Waals surface area contributed by atoms with Crippen molar-refractivity contribution in [3.05, 3.63) is 60.0 Å². The topological polar surface area (TPSA) is 98.0 Å². The first-order chi connectivity index (χ1) is 14.7. The fourth-order valence-corrected chi connectivity index (χ4v) is 3.83. The third-order valence-electron chi connectivity index (χ3n) is 5.59. The van der Waals surface area contributed by atoms with Crippen LogP contribution in [0.1, 0.15) is 36.3 Å². The maximum Gasteiger partial charge on any atom is 0.132 e. The van der Waals surface area contributed by atoms with E-state index in [-0.39, 0.29) is 6.10 Å². The van der Waals surface area contributed by atoms with Crippen molar-refractivity contribution in [2.24, 2.45) is 0 Å². The number of aliphatic hydroxyl groups excluding tert-OH is 1. The number of hydrogen-bond donors (Lipinski definition) is 2. The predicted molar refractivity (Wildman–Crippen MR) is 115 cm³/mol. The van der Waals surface area contributed by atoms with Crippen molar-refractivity contribution < 1.29 is 5.11 Å². The largest absolute Gasteiger partial charge is 0.391 e. The molecule has 1 saturated heterocycles. The third-order valence-corrected chi connectivity index (χ3v) is 5.59. The van der Waals surface area contributed by atoms with Gasteiger partial charge in [0, 0.05) is 31.0 Å². The number of anilines is 3. The summed E-state index contributed by atoms with van der Waals surface area (Å²) in [6.07, 6.45) is 8.16. The molecule has 1 aliphatic heterocycles. The van der Waals surface area contributed by atoms with Crippen molar-refractivity contribution in [3.8, 4) is 17.3 Å². The molecule has 7 heteroatoms. The maximum atomic E-state index is 9.86. The van der Waals surface area contributed by atoms with Crippen LogP contribution in [-0.2, 0) is 0 Å². The number of aliphatic hydroxyl groups is 1. The van der Waals surface area contributed by atoms with Crippen LogP contribution in [0.5, 0.6) is 0 Å². The van der Waals surface area contributed by atoms with Crippen molar-refractivity contribution in [2.75, 3.05) is 23.3 Å². The van der Waals surface area contributed by atoms with Gasteiger partial charge in [0.1, 0.15) is 11.6 Å². The monoisotopic (exact) mass is 398 g/mol. The number of pyridine rings is 3. The lowest BCUT2D eigenvalue weighted by Gasteiger charge is -2.18. The Labute approximate surface area is 175 Å². The highest BCUT2D eigenvalue weighted by atomic mass is 16.3. The summed E-state index contributed by atoms with van der Waals surface area (Å²) in [4.78, 5) is 15.7. The van der Waals surface area contributed by atoms with Crippen LogP contribution < -0.4 is 10.2 Å². The van der Waals surface area contributed by atoms with Crippen molar-refractivity contribution in [1.29, 1.82) is 5.26 Å². The van der Waals surface area contributed by atoms with Crippen LogP contribution in [0.15, 0.2) is 48.9 Å². The Kier molecular flexibility index (Phi) is 4.77. The highest BCUT2D eigenvalue weighted by Gasteiger charge is 2.25. The molecular formula is C23H22N6O. The first-order valence-electron chi connectivity index (χ1n) is 10.2. The second-order valence-corrected chi connectivity index (χ2v) is 7.93. The third kappa shape index (κ3) is 3.95. The van der Waals surface area contributed by atoms with Gasteiger partial charge in [0.15, 0.2) is 0 Å². The van der Waals surface area contributed by atoms with Crippen molar-refractivity contribution >= 4 is 17.3 Å². The normalized spacial score (nSPS) is 18.3. The molecule has 2 aliphatic rings. The molecule has 2 N–H and O–H groups in total. The van der Waals surface area contributed by atoms with Gasteiger partial charge in [-0.2, -0.15) is 5.26 Å². The lowest BCUT2D eigenvalue weighted by molar-refractivity contribution is 0.198. The van der Waals surface area contributed by atoms with Gasteiger partial charge < -0.3 is 15.3 Å². The molecule has 4 heterocycles. The molecule has 1 atom stereocenters. The number of rotatable bonds is 5. The Morgan fingerprint density at radius 2 is 2.00 bits per heavy atom. The number of nitrogens with zero attached hydrogens (tertiary/aromatic N) is 5. The summed E-state index contributed by atoms with van der Waals surface area (Å²) in [5.74, 6) is 1.87. The zero-order valence-corrected chi connectivity index (χ0v) is 16.5. The highest BCUT2D eigenvalue weighted by Crippen LogP contribution is 2.42. The van der Waals surface area contributed by atoms with E-state index >= 15 is 0 Å². The average molecular weight is 398 g/mol. The summed E-state index contributed by atoms with van der Waals surface area (Å²) in [5.41, 5.74) is 4.60. The number of hydrogen-bond acceptors (Lipinski definition) is 7. The number of nitrogens with one attached hydrogen (secondary N) is 1. The first kappa shape index (κ1) is 18.5. The van der Waals surface area contributed by atoms with E-state index in [1.54, 1.807) is 18.3 Å².